The van der Waals surface area contributed by atoms with E-state index in [1.807, 2.05) is 6.92 Å². The van der Waals surface area contributed by atoms with E-state index in [1.165, 1.54) is 11.1 Å². The van der Waals surface area contributed by atoms with Crippen LogP contribution in [0, 0.1) is 6.92 Å². The van der Waals surface area contributed by atoms with Crippen molar-refractivity contribution < 1.29 is 5.11 Å². The lowest BCUT2D eigenvalue weighted by atomic mass is 10.0. The van der Waals surface area contributed by atoms with Crippen LogP contribution in [-0.2, 0) is 0 Å². The summed E-state index contributed by atoms with van der Waals surface area (Å²) in [6, 6.07) is 9.05. The molecule has 1 rings (SSSR count). The summed E-state index contributed by atoms with van der Waals surface area (Å²) in [4.78, 5) is 0. The van der Waals surface area contributed by atoms with Gasteiger partial charge in [0.2, 0.25) is 0 Å². The molecule has 0 amide bonds. The number of aliphatic hydroxyl groups is 1. The van der Waals surface area contributed by atoms with Crippen LogP contribution in [0.5, 0.6) is 0 Å². The van der Waals surface area contributed by atoms with Crippen molar-refractivity contribution >= 4 is 0 Å². The lowest BCUT2D eigenvalue weighted by Gasteiger charge is -2.21. The van der Waals surface area contributed by atoms with E-state index in [9.17, 15) is 0 Å². The fourth-order valence-corrected chi connectivity index (χ4v) is 1.64. The zero-order valence-corrected chi connectivity index (χ0v) is 9.83. The van der Waals surface area contributed by atoms with Gasteiger partial charge in [0.15, 0.2) is 0 Å². The Labute approximate surface area is 92.3 Å². The Hall–Kier alpha value is -0.860. The van der Waals surface area contributed by atoms with Crippen molar-refractivity contribution in [1.82, 2.24) is 5.32 Å². The molecular weight excluding hydrogens is 186 g/mol. The molecule has 0 radical (unpaired) electrons. The monoisotopic (exact) mass is 207 g/mol. The summed E-state index contributed by atoms with van der Waals surface area (Å²) in [5.41, 5.74) is 2.58. The first-order chi connectivity index (χ1) is 7.17. The van der Waals surface area contributed by atoms with Gasteiger partial charge in [0, 0.05) is 12.1 Å². The van der Waals surface area contributed by atoms with Gasteiger partial charge in [0.1, 0.15) is 0 Å². The molecule has 0 unspecified atom stereocenters. The van der Waals surface area contributed by atoms with Crippen LogP contribution in [0.1, 0.15) is 37.4 Å². The molecule has 0 bridgehead atoms. The molecule has 2 N–H and O–H groups in total. The number of hydrogen-bond donors (Lipinski definition) is 2. The number of aryl methyl sites for hydroxylation is 1. The van der Waals surface area contributed by atoms with Crippen molar-refractivity contribution in [3.05, 3.63) is 35.4 Å². The van der Waals surface area contributed by atoms with Gasteiger partial charge in [-0.1, -0.05) is 36.8 Å². The summed E-state index contributed by atoms with van der Waals surface area (Å²) in [6.45, 7) is 6.43. The molecule has 0 aliphatic carbocycles. The van der Waals surface area contributed by atoms with E-state index < -0.39 is 0 Å². The second-order valence-corrected chi connectivity index (χ2v) is 4.12. The van der Waals surface area contributed by atoms with Crippen molar-refractivity contribution in [2.75, 3.05) is 6.61 Å². The van der Waals surface area contributed by atoms with Crippen molar-refractivity contribution in [3.63, 3.8) is 0 Å². The van der Waals surface area contributed by atoms with Crippen molar-refractivity contribution in [2.45, 2.75) is 39.3 Å². The molecule has 0 heterocycles. The topological polar surface area (TPSA) is 32.3 Å². The highest BCUT2D eigenvalue weighted by Gasteiger charge is 2.11. The van der Waals surface area contributed by atoms with E-state index in [0.29, 0.717) is 6.04 Å². The lowest BCUT2D eigenvalue weighted by Crippen LogP contribution is -2.32. The molecule has 15 heavy (non-hydrogen) atoms. The number of hydrogen-bond acceptors (Lipinski definition) is 2. The van der Waals surface area contributed by atoms with E-state index in [4.69, 9.17) is 5.11 Å². The zero-order chi connectivity index (χ0) is 11.3. The normalized spacial score (nSPS) is 14.9. The number of benzene rings is 1. The first-order valence-corrected chi connectivity index (χ1v) is 5.60. The van der Waals surface area contributed by atoms with Gasteiger partial charge in [0.05, 0.1) is 6.61 Å². The molecular formula is C13H21NO. The second-order valence-electron chi connectivity index (χ2n) is 4.12. The van der Waals surface area contributed by atoms with Crippen molar-refractivity contribution in [1.29, 1.82) is 0 Å². The molecule has 2 heteroatoms. The summed E-state index contributed by atoms with van der Waals surface area (Å²) in [7, 11) is 0. The quantitative estimate of drug-likeness (QED) is 0.777. The van der Waals surface area contributed by atoms with Crippen LogP contribution in [0.25, 0.3) is 0 Å². The van der Waals surface area contributed by atoms with Gasteiger partial charge in [0.25, 0.3) is 0 Å². The Morgan fingerprint density at radius 2 is 1.87 bits per heavy atom. The number of nitrogens with one attached hydrogen (secondary N) is 1. The zero-order valence-electron chi connectivity index (χ0n) is 9.83. The summed E-state index contributed by atoms with van der Waals surface area (Å²) < 4.78 is 0. The average molecular weight is 207 g/mol. The maximum atomic E-state index is 9.01. The number of aliphatic hydroxyl groups excluding tert-OH is 1. The van der Waals surface area contributed by atoms with E-state index >= 15 is 0 Å². The minimum Gasteiger partial charge on any atom is -0.395 e. The molecule has 0 aliphatic rings. The minimum atomic E-state index is 0.149. The Kier molecular flexibility index (Phi) is 4.79. The maximum absolute atomic E-state index is 9.01. The summed E-state index contributed by atoms with van der Waals surface area (Å²) in [6.07, 6.45) is 1.04. The van der Waals surface area contributed by atoms with Gasteiger partial charge in [-0.3, -0.25) is 0 Å². The Morgan fingerprint density at radius 1 is 1.27 bits per heavy atom. The van der Waals surface area contributed by atoms with Crippen molar-refractivity contribution in [3.8, 4) is 0 Å². The van der Waals surface area contributed by atoms with E-state index in [-0.39, 0.29) is 12.6 Å². The Bertz CT molecular complexity index is 281. The molecule has 2 nitrogen and oxygen atoms in total. The third kappa shape index (κ3) is 3.65. The van der Waals surface area contributed by atoms with Gasteiger partial charge in [-0.15, -0.1) is 0 Å². The van der Waals surface area contributed by atoms with Gasteiger partial charge in [-0.2, -0.15) is 0 Å². The van der Waals surface area contributed by atoms with Crippen LogP contribution < -0.4 is 5.32 Å². The van der Waals surface area contributed by atoms with E-state index in [2.05, 4.69) is 43.4 Å². The maximum Gasteiger partial charge on any atom is 0.0582 e. The highest BCUT2D eigenvalue weighted by molar-refractivity contribution is 5.24. The third-order valence-corrected chi connectivity index (χ3v) is 2.65. The molecule has 1 aromatic rings. The smallest absolute Gasteiger partial charge is 0.0582 e. The first kappa shape index (κ1) is 12.2. The molecule has 0 spiro atoms. The van der Waals surface area contributed by atoms with Crippen LogP contribution in [0.3, 0.4) is 0 Å². The molecule has 0 saturated heterocycles. The predicted octanol–water partition coefficient (Wildman–Crippen LogP) is 2.42. The third-order valence-electron chi connectivity index (χ3n) is 2.65. The van der Waals surface area contributed by atoms with Crippen molar-refractivity contribution in [2.24, 2.45) is 0 Å². The first-order valence-electron chi connectivity index (χ1n) is 5.60. The summed E-state index contributed by atoms with van der Waals surface area (Å²) in [5, 5.41) is 12.4. The predicted molar refractivity (Wildman–Crippen MR) is 63.9 cm³/mol. The standard InChI is InChI=1S/C13H21NO/c1-4-13(14-11(3)9-15)12-7-5-10(2)6-8-12/h5-8,11,13-15H,4,9H2,1-3H3/t11-,13-/m0/s1. The van der Waals surface area contributed by atoms with Crippen LogP contribution >= 0.6 is 0 Å². The summed E-state index contributed by atoms with van der Waals surface area (Å²) in [5.74, 6) is 0. The van der Waals surface area contributed by atoms with Gasteiger partial charge in [-0.05, 0) is 25.8 Å². The van der Waals surface area contributed by atoms with E-state index in [1.54, 1.807) is 0 Å². The van der Waals surface area contributed by atoms with Crippen LogP contribution in [0.4, 0.5) is 0 Å². The highest BCUT2D eigenvalue weighted by Crippen LogP contribution is 2.17. The Balaban J connectivity index is 2.69. The van der Waals surface area contributed by atoms with Gasteiger partial charge in [-0.25, -0.2) is 0 Å². The lowest BCUT2D eigenvalue weighted by molar-refractivity contribution is 0.239. The number of rotatable bonds is 5. The SMILES string of the molecule is CC[C@H](N[C@@H](C)CO)c1ccc(C)cc1. The largest absolute Gasteiger partial charge is 0.395 e. The molecule has 0 aromatic heterocycles. The van der Waals surface area contributed by atoms with Crippen LogP contribution in [0.2, 0.25) is 0 Å². The van der Waals surface area contributed by atoms with Crippen LogP contribution in [0.15, 0.2) is 24.3 Å². The second kappa shape index (κ2) is 5.89. The fourth-order valence-electron chi connectivity index (χ4n) is 1.64. The highest BCUT2D eigenvalue weighted by atomic mass is 16.3. The van der Waals surface area contributed by atoms with Gasteiger partial charge < -0.3 is 10.4 Å². The molecule has 0 fully saturated rings. The Morgan fingerprint density at radius 3 is 2.33 bits per heavy atom. The average Bonchev–Trinajstić information content (AvgIpc) is 2.27. The fraction of sp³-hybridized carbons (Fsp3) is 0.538. The molecule has 1 aromatic carbocycles. The molecule has 0 saturated carbocycles. The molecule has 2 atom stereocenters. The minimum absolute atomic E-state index is 0.149. The van der Waals surface area contributed by atoms with Crippen LogP contribution in [-0.4, -0.2) is 17.8 Å². The van der Waals surface area contributed by atoms with E-state index in [0.717, 1.165) is 6.42 Å². The molecule has 0 aliphatic heterocycles. The molecule has 84 valence electrons. The van der Waals surface area contributed by atoms with Gasteiger partial charge >= 0.3 is 0 Å². The summed E-state index contributed by atoms with van der Waals surface area (Å²) >= 11 is 0.